The highest BCUT2D eigenvalue weighted by molar-refractivity contribution is 7.99. The first kappa shape index (κ1) is 11.4. The van der Waals surface area contributed by atoms with E-state index < -0.39 is 0 Å². The zero-order chi connectivity index (χ0) is 12.6. The van der Waals surface area contributed by atoms with Crippen molar-refractivity contribution in [1.82, 2.24) is 0 Å². The van der Waals surface area contributed by atoms with E-state index in [1.54, 1.807) is 0 Å². The lowest BCUT2D eigenvalue weighted by Gasteiger charge is -2.33. The van der Waals surface area contributed by atoms with E-state index in [2.05, 4.69) is 67.3 Å². The Morgan fingerprint density at radius 1 is 0.889 bits per heavy atom. The molecule has 0 saturated carbocycles. The van der Waals surface area contributed by atoms with Gasteiger partial charge >= 0.3 is 0 Å². The molecule has 2 aromatic rings. The minimum atomic E-state index is -0.187. The summed E-state index contributed by atoms with van der Waals surface area (Å²) in [6.07, 6.45) is 0. The normalized spacial score (nSPS) is 15.0. The molecule has 0 nitrogen and oxygen atoms in total. The van der Waals surface area contributed by atoms with Crippen LogP contribution in [0.25, 0.3) is 0 Å². The summed E-state index contributed by atoms with van der Waals surface area (Å²) in [5, 5.41) is 0. The molecule has 1 aliphatic heterocycles. The third-order valence-corrected chi connectivity index (χ3v) is 4.60. The highest BCUT2D eigenvalue weighted by atomic mass is 32.2. The van der Waals surface area contributed by atoms with Crippen LogP contribution in [0.3, 0.4) is 0 Å². The van der Waals surface area contributed by atoms with Crippen LogP contribution in [0, 0.1) is 11.8 Å². The van der Waals surface area contributed by atoms with E-state index in [0.29, 0.717) is 0 Å². The minimum absolute atomic E-state index is 0.187. The maximum absolute atomic E-state index is 3.41. The maximum atomic E-state index is 3.41. The summed E-state index contributed by atoms with van der Waals surface area (Å²) in [5.41, 5.74) is 2.46. The van der Waals surface area contributed by atoms with Gasteiger partial charge in [0.25, 0.3) is 0 Å². The molecule has 88 valence electrons. The molecule has 3 rings (SSSR count). The molecule has 1 aliphatic rings. The molecule has 0 atom stereocenters. The van der Waals surface area contributed by atoms with Crippen LogP contribution in [0.1, 0.15) is 25.0 Å². The number of hydrogen-bond acceptors (Lipinski definition) is 1. The van der Waals surface area contributed by atoms with Crippen molar-refractivity contribution >= 4 is 11.8 Å². The van der Waals surface area contributed by atoms with Crippen molar-refractivity contribution in [2.75, 3.05) is 0 Å². The first-order valence-corrected chi connectivity index (χ1v) is 6.88. The first-order valence-electron chi connectivity index (χ1n) is 6.06. The van der Waals surface area contributed by atoms with Crippen LogP contribution < -0.4 is 0 Å². The van der Waals surface area contributed by atoms with Gasteiger partial charge in [0.05, 0.1) is 5.41 Å². The molecular formula is C17H14S. The summed E-state index contributed by atoms with van der Waals surface area (Å²) in [6, 6.07) is 17.2. The number of rotatable bonds is 0. The van der Waals surface area contributed by atoms with E-state index in [1.807, 2.05) is 18.7 Å². The third kappa shape index (κ3) is 1.57. The zero-order valence-electron chi connectivity index (χ0n) is 10.5. The Labute approximate surface area is 112 Å². The molecule has 0 aliphatic carbocycles. The van der Waals surface area contributed by atoms with Crippen molar-refractivity contribution in [2.45, 2.75) is 29.1 Å². The molecule has 0 amide bonds. The van der Waals surface area contributed by atoms with Gasteiger partial charge in [-0.3, -0.25) is 0 Å². The smallest absolute Gasteiger partial charge is 0.0805 e. The van der Waals surface area contributed by atoms with Crippen molar-refractivity contribution < 1.29 is 0 Å². The molecule has 0 unspecified atom stereocenters. The third-order valence-electron chi connectivity index (χ3n) is 3.45. The van der Waals surface area contributed by atoms with Crippen molar-refractivity contribution in [3.63, 3.8) is 0 Å². The fourth-order valence-corrected chi connectivity index (χ4v) is 3.88. The lowest BCUT2D eigenvalue weighted by atomic mass is 9.76. The molecule has 2 aromatic carbocycles. The average Bonchev–Trinajstić information content (AvgIpc) is 2.40. The second-order valence-electron chi connectivity index (χ2n) is 4.59. The first-order chi connectivity index (χ1) is 8.75. The molecule has 0 spiro atoms. The predicted molar refractivity (Wildman–Crippen MR) is 76.9 cm³/mol. The predicted octanol–water partition coefficient (Wildman–Crippen LogP) is 4.48. The molecule has 0 aromatic heterocycles. The lowest BCUT2D eigenvalue weighted by Crippen LogP contribution is -2.25. The van der Waals surface area contributed by atoms with Crippen LogP contribution in [0.5, 0.6) is 0 Å². The Balaban J connectivity index is 2.33. The van der Waals surface area contributed by atoms with Gasteiger partial charge in [0.2, 0.25) is 0 Å². The van der Waals surface area contributed by atoms with Gasteiger partial charge in [0.1, 0.15) is 0 Å². The van der Waals surface area contributed by atoms with Gasteiger partial charge < -0.3 is 0 Å². The molecule has 0 bridgehead atoms. The van der Waals surface area contributed by atoms with Crippen LogP contribution in [-0.4, -0.2) is 0 Å². The summed E-state index contributed by atoms with van der Waals surface area (Å²) >= 11 is 1.84. The highest BCUT2D eigenvalue weighted by Crippen LogP contribution is 2.48. The van der Waals surface area contributed by atoms with Crippen molar-refractivity contribution in [1.29, 1.82) is 0 Å². The summed E-state index contributed by atoms with van der Waals surface area (Å²) in [6.45, 7) is 4.14. The van der Waals surface area contributed by atoms with Crippen LogP contribution in [-0.2, 0) is 5.41 Å². The number of benzene rings is 2. The standard InChI is InChI=1S/C17H14S/c1-3-12-17(2)13-8-4-6-10-15(13)18-16-11-7-5-9-14(16)17/h4-11H,1-2H3. The Morgan fingerprint density at radius 2 is 1.39 bits per heavy atom. The fourth-order valence-electron chi connectivity index (χ4n) is 2.59. The molecular weight excluding hydrogens is 236 g/mol. The minimum Gasteiger partial charge on any atom is -0.105 e. The van der Waals surface area contributed by atoms with Gasteiger partial charge in [-0.15, -0.1) is 5.92 Å². The van der Waals surface area contributed by atoms with E-state index >= 15 is 0 Å². The molecule has 0 N–H and O–H groups in total. The lowest BCUT2D eigenvalue weighted by molar-refractivity contribution is 0.708. The van der Waals surface area contributed by atoms with E-state index in [-0.39, 0.29) is 5.41 Å². The Hall–Kier alpha value is -1.65. The van der Waals surface area contributed by atoms with Gasteiger partial charge in [-0.05, 0) is 37.1 Å². The molecule has 0 fully saturated rings. The van der Waals surface area contributed by atoms with Crippen molar-refractivity contribution in [3.8, 4) is 11.8 Å². The highest BCUT2D eigenvalue weighted by Gasteiger charge is 2.35. The topological polar surface area (TPSA) is 0 Å². The quantitative estimate of drug-likeness (QED) is 0.621. The van der Waals surface area contributed by atoms with Gasteiger partial charge in [-0.2, -0.15) is 0 Å². The molecule has 18 heavy (non-hydrogen) atoms. The van der Waals surface area contributed by atoms with Gasteiger partial charge in [-0.25, -0.2) is 0 Å². The Morgan fingerprint density at radius 3 is 1.89 bits per heavy atom. The van der Waals surface area contributed by atoms with Crippen LogP contribution in [0.4, 0.5) is 0 Å². The van der Waals surface area contributed by atoms with Crippen LogP contribution in [0.2, 0.25) is 0 Å². The van der Waals surface area contributed by atoms with E-state index in [4.69, 9.17) is 0 Å². The second-order valence-corrected chi connectivity index (χ2v) is 5.68. The van der Waals surface area contributed by atoms with Gasteiger partial charge in [-0.1, -0.05) is 54.1 Å². The molecule has 0 saturated heterocycles. The Kier molecular flexibility index (Phi) is 2.69. The summed E-state index contributed by atoms with van der Waals surface area (Å²) in [5.74, 6) is 6.51. The van der Waals surface area contributed by atoms with Crippen LogP contribution >= 0.6 is 11.8 Å². The molecule has 1 heteroatoms. The Bertz CT molecular complexity index is 613. The largest absolute Gasteiger partial charge is 0.105 e. The monoisotopic (exact) mass is 250 g/mol. The average molecular weight is 250 g/mol. The van der Waals surface area contributed by atoms with E-state index in [1.165, 1.54) is 20.9 Å². The molecule has 0 radical (unpaired) electrons. The number of hydrogen-bond donors (Lipinski definition) is 0. The van der Waals surface area contributed by atoms with Gasteiger partial charge in [0.15, 0.2) is 0 Å². The number of fused-ring (bicyclic) bond motifs is 2. The summed E-state index contributed by atoms with van der Waals surface area (Å²) < 4.78 is 0. The second kappa shape index (κ2) is 4.23. The van der Waals surface area contributed by atoms with Crippen molar-refractivity contribution in [3.05, 3.63) is 59.7 Å². The zero-order valence-corrected chi connectivity index (χ0v) is 11.3. The summed E-state index contributed by atoms with van der Waals surface area (Å²) in [7, 11) is 0. The van der Waals surface area contributed by atoms with E-state index in [0.717, 1.165) is 0 Å². The van der Waals surface area contributed by atoms with Crippen molar-refractivity contribution in [2.24, 2.45) is 0 Å². The van der Waals surface area contributed by atoms with Gasteiger partial charge in [0, 0.05) is 9.79 Å². The molecule has 1 heterocycles. The van der Waals surface area contributed by atoms with Crippen LogP contribution in [0.15, 0.2) is 58.3 Å². The SMILES string of the molecule is CC#CC1(C)c2ccccc2Sc2ccccc21. The van der Waals surface area contributed by atoms with E-state index in [9.17, 15) is 0 Å². The fraction of sp³-hybridized carbons (Fsp3) is 0.176. The summed E-state index contributed by atoms with van der Waals surface area (Å²) in [4.78, 5) is 2.64. The maximum Gasteiger partial charge on any atom is 0.0805 e.